The van der Waals surface area contributed by atoms with Crippen LogP contribution >= 0.6 is 0 Å². The van der Waals surface area contributed by atoms with E-state index in [0.717, 1.165) is 0 Å². The van der Waals surface area contributed by atoms with Gasteiger partial charge in [-0.2, -0.15) is 0 Å². The van der Waals surface area contributed by atoms with E-state index in [1.165, 1.54) is 25.7 Å². The fraction of sp³-hybridized carbons (Fsp3) is 1.00. The summed E-state index contributed by atoms with van der Waals surface area (Å²) in [6.45, 7) is 8.86. The van der Waals surface area contributed by atoms with Crippen LogP contribution in [0.4, 0.5) is 0 Å². The molecular formula is C9H22O2Si2. The Morgan fingerprint density at radius 2 is 1.69 bits per heavy atom. The average molecular weight is 218 g/mol. The molecule has 78 valence electrons. The van der Waals surface area contributed by atoms with Gasteiger partial charge < -0.3 is 8.54 Å². The summed E-state index contributed by atoms with van der Waals surface area (Å²) in [5.41, 5.74) is 0. The highest BCUT2D eigenvalue weighted by atomic mass is 28.4. The first-order valence-corrected chi connectivity index (χ1v) is 10.8. The van der Waals surface area contributed by atoms with E-state index in [-0.39, 0.29) is 0 Å². The van der Waals surface area contributed by atoms with Crippen molar-refractivity contribution in [3.63, 3.8) is 0 Å². The Balaban J connectivity index is 2.20. The standard InChI is InChI=1S/C9H22O2Si2/c1-12(11-13(2,3)4)10-9-7-5-6-8-9/h9,12H,5-8H2,1-4H3. The summed E-state index contributed by atoms with van der Waals surface area (Å²) >= 11 is 0. The minimum absolute atomic E-state index is 0.526. The lowest BCUT2D eigenvalue weighted by Crippen LogP contribution is -2.36. The molecule has 2 nitrogen and oxygen atoms in total. The molecule has 13 heavy (non-hydrogen) atoms. The zero-order valence-electron chi connectivity index (χ0n) is 9.30. The Bertz CT molecular complexity index is 150. The van der Waals surface area contributed by atoms with Gasteiger partial charge in [0.2, 0.25) is 0 Å². The van der Waals surface area contributed by atoms with E-state index >= 15 is 0 Å². The maximum atomic E-state index is 5.96. The summed E-state index contributed by atoms with van der Waals surface area (Å²) < 4.78 is 11.9. The minimum atomic E-state index is -1.36. The van der Waals surface area contributed by atoms with Gasteiger partial charge in [-0.05, 0) is 39.0 Å². The van der Waals surface area contributed by atoms with Crippen molar-refractivity contribution in [1.82, 2.24) is 0 Å². The first-order valence-electron chi connectivity index (χ1n) is 5.31. The van der Waals surface area contributed by atoms with Gasteiger partial charge >= 0.3 is 9.28 Å². The van der Waals surface area contributed by atoms with Crippen LogP contribution in [0, 0.1) is 0 Å². The van der Waals surface area contributed by atoms with Crippen molar-refractivity contribution >= 4 is 17.6 Å². The zero-order valence-corrected chi connectivity index (χ0v) is 11.5. The second kappa shape index (κ2) is 4.73. The summed E-state index contributed by atoms with van der Waals surface area (Å²) in [4.78, 5) is 0. The summed E-state index contributed by atoms with van der Waals surface area (Å²) in [5, 5.41) is 0. The predicted octanol–water partition coefficient (Wildman–Crippen LogP) is 2.65. The van der Waals surface area contributed by atoms with Crippen LogP contribution in [0.1, 0.15) is 25.7 Å². The third-order valence-electron chi connectivity index (χ3n) is 2.21. The van der Waals surface area contributed by atoms with Crippen molar-refractivity contribution in [2.24, 2.45) is 0 Å². The van der Waals surface area contributed by atoms with Crippen LogP contribution in [0.3, 0.4) is 0 Å². The summed E-state index contributed by atoms with van der Waals surface area (Å²) in [6, 6.07) is 0. The van der Waals surface area contributed by atoms with Crippen molar-refractivity contribution in [3.05, 3.63) is 0 Å². The van der Waals surface area contributed by atoms with Gasteiger partial charge in [0.15, 0.2) is 8.32 Å². The highest BCUT2D eigenvalue weighted by Crippen LogP contribution is 2.22. The molecule has 0 heterocycles. The molecule has 0 aromatic rings. The molecule has 4 heteroatoms. The smallest absolute Gasteiger partial charge is 0.308 e. The molecule has 0 saturated heterocycles. The third-order valence-corrected chi connectivity index (χ3v) is 7.13. The van der Waals surface area contributed by atoms with Gasteiger partial charge in [-0.15, -0.1) is 0 Å². The molecule has 0 amide bonds. The van der Waals surface area contributed by atoms with Crippen molar-refractivity contribution in [2.45, 2.75) is 58.0 Å². The molecule has 0 aromatic heterocycles. The summed E-state index contributed by atoms with van der Waals surface area (Å²) in [6.07, 6.45) is 5.73. The predicted molar refractivity (Wildman–Crippen MR) is 60.8 cm³/mol. The molecule has 0 aliphatic heterocycles. The molecule has 1 saturated carbocycles. The molecule has 1 fully saturated rings. The van der Waals surface area contributed by atoms with Crippen LogP contribution in [0.5, 0.6) is 0 Å². The average Bonchev–Trinajstić information content (AvgIpc) is 2.34. The highest BCUT2D eigenvalue weighted by molar-refractivity contribution is 6.75. The Labute approximate surface area is 84.6 Å². The molecule has 0 aromatic carbocycles. The maximum absolute atomic E-state index is 5.96. The third kappa shape index (κ3) is 4.95. The second-order valence-electron chi connectivity index (χ2n) is 4.84. The van der Waals surface area contributed by atoms with Crippen LogP contribution in [0.15, 0.2) is 0 Å². The van der Waals surface area contributed by atoms with Crippen molar-refractivity contribution < 1.29 is 8.54 Å². The number of rotatable bonds is 4. The van der Waals surface area contributed by atoms with Gasteiger partial charge in [-0.3, -0.25) is 0 Å². The summed E-state index contributed by atoms with van der Waals surface area (Å²) in [5.74, 6) is 0. The molecule has 0 bridgehead atoms. The lowest BCUT2D eigenvalue weighted by Gasteiger charge is -2.25. The van der Waals surface area contributed by atoms with E-state index in [2.05, 4.69) is 26.2 Å². The van der Waals surface area contributed by atoms with Crippen LogP contribution in [0.25, 0.3) is 0 Å². The van der Waals surface area contributed by atoms with E-state index in [1.54, 1.807) is 0 Å². The summed E-state index contributed by atoms with van der Waals surface area (Å²) in [7, 11) is -2.67. The van der Waals surface area contributed by atoms with Gasteiger partial charge in [-0.1, -0.05) is 12.8 Å². The lowest BCUT2D eigenvalue weighted by atomic mass is 10.3. The molecule has 0 N–H and O–H groups in total. The molecule has 1 aliphatic carbocycles. The minimum Gasteiger partial charge on any atom is -0.438 e. The fourth-order valence-corrected chi connectivity index (χ4v) is 6.84. The van der Waals surface area contributed by atoms with Gasteiger partial charge in [0, 0.05) is 6.10 Å². The second-order valence-corrected chi connectivity index (χ2v) is 11.4. The normalized spacial score (nSPS) is 22.2. The number of hydrogen-bond acceptors (Lipinski definition) is 2. The Hall–Kier alpha value is 0.354. The van der Waals surface area contributed by atoms with Gasteiger partial charge in [-0.25, -0.2) is 0 Å². The SMILES string of the molecule is C[SiH](OC1CCCC1)O[Si](C)(C)C. The zero-order chi connectivity index (χ0) is 9.90. The molecule has 0 spiro atoms. The molecule has 0 radical (unpaired) electrons. The number of hydrogen-bond donors (Lipinski definition) is 0. The van der Waals surface area contributed by atoms with Crippen molar-refractivity contribution in [3.8, 4) is 0 Å². The monoisotopic (exact) mass is 218 g/mol. The Kier molecular flexibility index (Phi) is 4.16. The topological polar surface area (TPSA) is 18.5 Å². The van der Waals surface area contributed by atoms with Crippen LogP contribution in [-0.4, -0.2) is 23.7 Å². The molecule has 1 unspecified atom stereocenters. The Morgan fingerprint density at radius 3 is 2.15 bits per heavy atom. The fourth-order valence-electron chi connectivity index (χ4n) is 1.82. The van der Waals surface area contributed by atoms with Crippen molar-refractivity contribution in [1.29, 1.82) is 0 Å². The van der Waals surface area contributed by atoms with Crippen LogP contribution in [0.2, 0.25) is 26.2 Å². The van der Waals surface area contributed by atoms with Gasteiger partial charge in [0.25, 0.3) is 0 Å². The van der Waals surface area contributed by atoms with E-state index in [0.29, 0.717) is 6.10 Å². The first-order chi connectivity index (χ1) is 5.97. The highest BCUT2D eigenvalue weighted by Gasteiger charge is 2.24. The molecule has 1 rings (SSSR count). The largest absolute Gasteiger partial charge is 0.438 e. The van der Waals surface area contributed by atoms with Crippen LogP contribution < -0.4 is 0 Å². The van der Waals surface area contributed by atoms with E-state index in [9.17, 15) is 0 Å². The quantitative estimate of drug-likeness (QED) is 0.676. The van der Waals surface area contributed by atoms with Gasteiger partial charge in [0.05, 0.1) is 0 Å². The van der Waals surface area contributed by atoms with E-state index in [1.807, 2.05) is 0 Å². The van der Waals surface area contributed by atoms with E-state index in [4.69, 9.17) is 8.54 Å². The van der Waals surface area contributed by atoms with Crippen molar-refractivity contribution in [2.75, 3.05) is 0 Å². The Morgan fingerprint density at radius 1 is 1.15 bits per heavy atom. The van der Waals surface area contributed by atoms with Gasteiger partial charge in [0.1, 0.15) is 0 Å². The molecular weight excluding hydrogens is 196 g/mol. The molecule has 1 aliphatic rings. The van der Waals surface area contributed by atoms with Crippen LogP contribution in [-0.2, 0) is 8.54 Å². The molecule has 1 atom stereocenters. The van der Waals surface area contributed by atoms with E-state index < -0.39 is 17.6 Å². The lowest BCUT2D eigenvalue weighted by molar-refractivity contribution is 0.178. The first kappa shape index (κ1) is 11.4. The maximum Gasteiger partial charge on any atom is 0.308 e.